The van der Waals surface area contributed by atoms with Gasteiger partial charge in [0, 0.05) is 31.4 Å². The van der Waals surface area contributed by atoms with Crippen molar-refractivity contribution >= 4 is 11.6 Å². The van der Waals surface area contributed by atoms with Crippen molar-refractivity contribution in [1.29, 1.82) is 0 Å². The molecule has 2 rings (SSSR count). The van der Waals surface area contributed by atoms with Crippen LogP contribution in [0.1, 0.15) is 37.0 Å². The molecule has 1 amide bonds. The molecule has 4 nitrogen and oxygen atoms in total. The number of piperidine rings is 1. The minimum atomic E-state index is 0.0729. The van der Waals surface area contributed by atoms with Crippen molar-refractivity contribution in [3.63, 3.8) is 0 Å². The highest BCUT2D eigenvalue weighted by molar-refractivity contribution is 5.99. The van der Waals surface area contributed by atoms with Crippen molar-refractivity contribution in [2.24, 2.45) is 5.92 Å². The van der Waals surface area contributed by atoms with Crippen LogP contribution in [0.2, 0.25) is 0 Å². The van der Waals surface area contributed by atoms with Crippen LogP contribution >= 0.6 is 0 Å². The quantitative estimate of drug-likeness (QED) is 0.866. The van der Waals surface area contributed by atoms with Crippen LogP contribution in [-0.4, -0.2) is 48.4 Å². The third-order valence-corrected chi connectivity index (χ3v) is 4.52. The molecule has 1 aromatic rings. The molecule has 0 aliphatic carbocycles. The second-order valence-corrected chi connectivity index (χ2v) is 6.36. The van der Waals surface area contributed by atoms with Gasteiger partial charge in [-0.25, -0.2) is 0 Å². The smallest absolute Gasteiger partial charge is 0.255 e. The maximum atomic E-state index is 12.5. The van der Waals surface area contributed by atoms with Crippen LogP contribution in [0.25, 0.3) is 0 Å². The zero-order valence-corrected chi connectivity index (χ0v) is 13.4. The second kappa shape index (κ2) is 6.94. The van der Waals surface area contributed by atoms with Crippen molar-refractivity contribution in [2.75, 3.05) is 32.4 Å². The normalized spacial score (nSPS) is 16.7. The Labute approximate surface area is 127 Å². The number of benzene rings is 1. The number of nitrogens with zero attached hydrogens (tertiary/aromatic N) is 2. The number of carbonyl (C=O) groups is 1. The molecule has 21 heavy (non-hydrogen) atoms. The van der Waals surface area contributed by atoms with E-state index in [1.165, 1.54) is 0 Å². The highest BCUT2D eigenvalue weighted by atomic mass is 16.2. The Kier molecular flexibility index (Phi) is 5.23. The first-order chi connectivity index (χ1) is 9.99. The van der Waals surface area contributed by atoms with Crippen LogP contribution in [-0.2, 0) is 0 Å². The van der Waals surface area contributed by atoms with Crippen LogP contribution < -0.4 is 5.73 Å². The Morgan fingerprint density at radius 3 is 2.52 bits per heavy atom. The van der Waals surface area contributed by atoms with Gasteiger partial charge in [-0.15, -0.1) is 0 Å². The zero-order chi connectivity index (χ0) is 15.4. The van der Waals surface area contributed by atoms with Crippen LogP contribution in [0.5, 0.6) is 0 Å². The van der Waals surface area contributed by atoms with E-state index in [0.29, 0.717) is 23.2 Å². The number of nitrogens with two attached hydrogens (primary N) is 1. The van der Waals surface area contributed by atoms with Gasteiger partial charge in [0.25, 0.3) is 5.91 Å². The van der Waals surface area contributed by atoms with Gasteiger partial charge in [-0.1, -0.05) is 12.1 Å². The van der Waals surface area contributed by atoms with Gasteiger partial charge >= 0.3 is 0 Å². The average Bonchev–Trinajstić information content (AvgIpc) is 2.47. The zero-order valence-electron chi connectivity index (χ0n) is 13.4. The Morgan fingerprint density at radius 1 is 1.33 bits per heavy atom. The Bertz CT molecular complexity index is 479. The fourth-order valence-electron chi connectivity index (χ4n) is 2.80. The summed E-state index contributed by atoms with van der Waals surface area (Å²) < 4.78 is 0. The molecule has 0 atom stereocenters. The average molecular weight is 289 g/mol. The number of hydrogen-bond acceptors (Lipinski definition) is 3. The van der Waals surface area contributed by atoms with E-state index >= 15 is 0 Å². The van der Waals surface area contributed by atoms with Gasteiger partial charge in [0.1, 0.15) is 0 Å². The number of nitrogen functional groups attached to an aromatic ring is 1. The molecule has 4 heteroatoms. The summed E-state index contributed by atoms with van der Waals surface area (Å²) >= 11 is 0. The molecule has 0 bridgehead atoms. The summed E-state index contributed by atoms with van der Waals surface area (Å²) in [5.41, 5.74) is 7.11. The fraction of sp³-hybridized carbons (Fsp3) is 0.588. The number of hydrogen-bond donors (Lipinski definition) is 1. The lowest BCUT2D eigenvalue weighted by Gasteiger charge is -2.35. The van der Waals surface area contributed by atoms with E-state index in [1.54, 1.807) is 6.07 Å². The fourth-order valence-corrected chi connectivity index (χ4v) is 2.80. The van der Waals surface area contributed by atoms with Crippen LogP contribution in [0.15, 0.2) is 24.3 Å². The van der Waals surface area contributed by atoms with E-state index < -0.39 is 0 Å². The summed E-state index contributed by atoms with van der Waals surface area (Å²) in [6.07, 6.45) is 2.16. The van der Waals surface area contributed by atoms with Gasteiger partial charge in [-0.2, -0.15) is 0 Å². The van der Waals surface area contributed by atoms with Crippen molar-refractivity contribution < 1.29 is 4.79 Å². The predicted molar refractivity (Wildman–Crippen MR) is 87.2 cm³/mol. The first-order valence-electron chi connectivity index (χ1n) is 7.83. The predicted octanol–water partition coefficient (Wildman–Crippen LogP) is 2.46. The molecule has 1 aliphatic heterocycles. The molecular weight excluding hydrogens is 262 g/mol. The number of rotatable bonds is 4. The molecule has 116 valence electrons. The molecule has 0 unspecified atom stereocenters. The summed E-state index contributed by atoms with van der Waals surface area (Å²) in [7, 11) is 2.17. The molecule has 1 heterocycles. The molecule has 1 aromatic carbocycles. The highest BCUT2D eigenvalue weighted by Crippen LogP contribution is 2.22. The van der Waals surface area contributed by atoms with Crippen molar-refractivity contribution in [1.82, 2.24) is 9.80 Å². The first kappa shape index (κ1) is 15.8. The minimum Gasteiger partial charge on any atom is -0.398 e. The number of para-hydroxylation sites is 1. The molecule has 0 saturated carbocycles. The Hall–Kier alpha value is -1.55. The van der Waals surface area contributed by atoms with Crippen molar-refractivity contribution in [3.8, 4) is 0 Å². The van der Waals surface area contributed by atoms with Gasteiger partial charge in [0.05, 0.1) is 5.56 Å². The monoisotopic (exact) mass is 289 g/mol. The molecule has 1 aliphatic rings. The standard InChI is InChI=1S/C17H27N3O/c1-13(2)19(3)12-14-8-10-20(11-9-14)17(21)15-6-4-5-7-16(15)18/h4-7,13-14H,8-12,18H2,1-3H3. The first-order valence-corrected chi connectivity index (χ1v) is 7.83. The lowest BCUT2D eigenvalue weighted by atomic mass is 9.95. The molecule has 0 radical (unpaired) electrons. The van der Waals surface area contributed by atoms with E-state index in [4.69, 9.17) is 5.73 Å². The number of anilines is 1. The maximum absolute atomic E-state index is 12.5. The lowest BCUT2D eigenvalue weighted by Crippen LogP contribution is -2.42. The van der Waals surface area contributed by atoms with E-state index in [1.807, 2.05) is 23.1 Å². The topological polar surface area (TPSA) is 49.6 Å². The highest BCUT2D eigenvalue weighted by Gasteiger charge is 2.25. The minimum absolute atomic E-state index is 0.0729. The van der Waals surface area contributed by atoms with Gasteiger partial charge < -0.3 is 15.5 Å². The summed E-state index contributed by atoms with van der Waals surface area (Å²) in [6.45, 7) is 7.23. The van der Waals surface area contributed by atoms with E-state index in [-0.39, 0.29) is 5.91 Å². The third-order valence-electron chi connectivity index (χ3n) is 4.52. The summed E-state index contributed by atoms with van der Waals surface area (Å²) in [5, 5.41) is 0. The third kappa shape index (κ3) is 3.97. The molecule has 0 aromatic heterocycles. The van der Waals surface area contributed by atoms with Gasteiger partial charge in [-0.3, -0.25) is 4.79 Å². The van der Waals surface area contributed by atoms with Crippen LogP contribution in [0.4, 0.5) is 5.69 Å². The molecule has 1 fully saturated rings. The SMILES string of the molecule is CC(C)N(C)CC1CCN(C(=O)c2ccccc2N)CC1. The van der Waals surface area contributed by atoms with E-state index in [9.17, 15) is 4.79 Å². The summed E-state index contributed by atoms with van der Waals surface area (Å²) in [5.74, 6) is 0.762. The van der Waals surface area contributed by atoms with Gasteiger partial charge in [-0.05, 0) is 51.8 Å². The van der Waals surface area contributed by atoms with Crippen LogP contribution in [0, 0.1) is 5.92 Å². The Balaban J connectivity index is 1.89. The number of likely N-dealkylation sites (tertiary alicyclic amines) is 1. The van der Waals surface area contributed by atoms with Crippen LogP contribution in [0.3, 0.4) is 0 Å². The van der Waals surface area contributed by atoms with Gasteiger partial charge in [0.2, 0.25) is 0 Å². The summed E-state index contributed by atoms with van der Waals surface area (Å²) in [6, 6.07) is 7.91. The largest absolute Gasteiger partial charge is 0.398 e. The second-order valence-electron chi connectivity index (χ2n) is 6.36. The van der Waals surface area contributed by atoms with E-state index in [2.05, 4.69) is 25.8 Å². The molecule has 0 spiro atoms. The van der Waals surface area contributed by atoms with Crippen molar-refractivity contribution in [3.05, 3.63) is 29.8 Å². The lowest BCUT2D eigenvalue weighted by molar-refractivity contribution is 0.0667. The van der Waals surface area contributed by atoms with E-state index in [0.717, 1.165) is 32.5 Å². The van der Waals surface area contributed by atoms with Crippen molar-refractivity contribution in [2.45, 2.75) is 32.7 Å². The number of carbonyl (C=O) groups excluding carboxylic acids is 1. The Morgan fingerprint density at radius 2 is 1.95 bits per heavy atom. The summed E-state index contributed by atoms with van der Waals surface area (Å²) in [4.78, 5) is 16.8. The number of amides is 1. The molecular formula is C17H27N3O. The maximum Gasteiger partial charge on any atom is 0.255 e. The molecule has 2 N–H and O–H groups in total. The molecule has 1 saturated heterocycles. The van der Waals surface area contributed by atoms with Gasteiger partial charge in [0.15, 0.2) is 0 Å².